The van der Waals surface area contributed by atoms with Crippen molar-refractivity contribution in [2.24, 2.45) is 0 Å². The normalized spacial score (nSPS) is 11.0. The van der Waals surface area contributed by atoms with Crippen LogP contribution in [0.2, 0.25) is 0 Å². The Kier molecular flexibility index (Phi) is 6.88. The fourth-order valence-electron chi connectivity index (χ4n) is 2.47. The monoisotopic (exact) mass is 369 g/mol. The van der Waals surface area contributed by atoms with E-state index in [1.165, 1.54) is 12.1 Å². The van der Waals surface area contributed by atoms with Crippen LogP contribution in [0.3, 0.4) is 0 Å². The first kappa shape index (κ1) is 19.9. The summed E-state index contributed by atoms with van der Waals surface area (Å²) >= 11 is 0. The summed E-state index contributed by atoms with van der Waals surface area (Å²) in [5, 5.41) is 12.6. The van der Waals surface area contributed by atoms with Crippen LogP contribution in [-0.2, 0) is 4.79 Å². The highest BCUT2D eigenvalue weighted by atomic mass is 16.5. The Morgan fingerprint density at radius 3 is 2.15 bits per heavy atom. The maximum atomic E-state index is 11.7. The first-order chi connectivity index (χ1) is 13.0. The Labute approximate surface area is 158 Å². The summed E-state index contributed by atoms with van der Waals surface area (Å²) < 4.78 is 16.0. The van der Waals surface area contributed by atoms with Crippen LogP contribution in [-0.4, -0.2) is 32.3 Å². The third kappa shape index (κ3) is 5.04. The van der Waals surface area contributed by atoms with Crippen molar-refractivity contribution < 1.29 is 24.1 Å². The van der Waals surface area contributed by atoms with E-state index >= 15 is 0 Å². The number of benzene rings is 2. The number of phenolic OH excluding ortho intramolecular Hbond substituents is 1. The van der Waals surface area contributed by atoms with Gasteiger partial charge in [0.25, 0.3) is 0 Å². The van der Waals surface area contributed by atoms with Crippen molar-refractivity contribution in [3.8, 4) is 23.0 Å². The molecule has 0 fully saturated rings. The third-order valence-corrected chi connectivity index (χ3v) is 3.75. The van der Waals surface area contributed by atoms with Crippen molar-refractivity contribution >= 4 is 23.7 Å². The number of hydrogen-bond donors (Lipinski definition) is 2. The molecule has 1 amide bonds. The third-order valence-electron chi connectivity index (χ3n) is 3.75. The van der Waals surface area contributed by atoms with E-state index in [9.17, 15) is 9.90 Å². The largest absolute Gasteiger partial charge is 0.506 e. The van der Waals surface area contributed by atoms with Gasteiger partial charge in [-0.2, -0.15) is 0 Å². The zero-order valence-corrected chi connectivity index (χ0v) is 15.8. The second kappa shape index (κ2) is 9.33. The van der Waals surface area contributed by atoms with Crippen LogP contribution in [0.15, 0.2) is 42.5 Å². The van der Waals surface area contributed by atoms with Gasteiger partial charge < -0.3 is 24.6 Å². The van der Waals surface area contributed by atoms with Crippen LogP contribution in [0, 0.1) is 0 Å². The molecule has 0 spiro atoms. The van der Waals surface area contributed by atoms with Gasteiger partial charge >= 0.3 is 0 Å². The predicted molar refractivity (Wildman–Crippen MR) is 107 cm³/mol. The van der Waals surface area contributed by atoms with E-state index in [0.717, 1.165) is 11.1 Å². The summed E-state index contributed by atoms with van der Waals surface area (Å²) in [6, 6.07) is 8.61. The second-order valence-corrected chi connectivity index (χ2v) is 5.56. The van der Waals surface area contributed by atoms with Crippen LogP contribution in [0.1, 0.15) is 18.1 Å². The summed E-state index contributed by atoms with van der Waals surface area (Å²) in [5.74, 6) is 1.33. The quantitative estimate of drug-likeness (QED) is 0.436. The fraction of sp³-hybridized carbons (Fsp3) is 0.190. The fourth-order valence-corrected chi connectivity index (χ4v) is 2.47. The minimum absolute atomic E-state index is 0.00205. The lowest BCUT2D eigenvalue weighted by Gasteiger charge is -2.12. The number of carbonyl (C=O) groups excluding carboxylic acids is 1. The predicted octanol–water partition coefficient (Wildman–Crippen LogP) is 4.10. The highest BCUT2D eigenvalue weighted by molar-refractivity contribution is 6.00. The number of anilines is 1. The molecule has 0 saturated heterocycles. The molecule has 2 rings (SSSR count). The number of amides is 1. The summed E-state index contributed by atoms with van der Waals surface area (Å²) in [6.45, 7) is 1.75. The van der Waals surface area contributed by atoms with Gasteiger partial charge in [0, 0.05) is 0 Å². The number of methoxy groups -OCH3 is 3. The first-order valence-corrected chi connectivity index (χ1v) is 8.27. The van der Waals surface area contributed by atoms with Gasteiger partial charge in [0.15, 0.2) is 11.5 Å². The number of nitrogens with one attached hydrogen (secondary N) is 1. The Morgan fingerprint density at radius 1 is 0.963 bits per heavy atom. The van der Waals surface area contributed by atoms with Crippen LogP contribution >= 0.6 is 0 Å². The molecule has 0 unspecified atom stereocenters. The minimum atomic E-state index is -0.307. The van der Waals surface area contributed by atoms with Crippen molar-refractivity contribution in [2.75, 3.05) is 26.6 Å². The van der Waals surface area contributed by atoms with Crippen LogP contribution in [0.4, 0.5) is 5.69 Å². The van der Waals surface area contributed by atoms with Gasteiger partial charge in [-0.25, -0.2) is 0 Å². The highest BCUT2D eigenvalue weighted by Crippen LogP contribution is 2.38. The Morgan fingerprint density at radius 2 is 1.59 bits per heavy atom. The van der Waals surface area contributed by atoms with E-state index in [4.69, 9.17) is 14.2 Å². The molecule has 6 nitrogen and oxygen atoms in total. The number of carbonyl (C=O) groups is 1. The molecule has 0 aromatic heterocycles. The van der Waals surface area contributed by atoms with E-state index in [0.29, 0.717) is 22.9 Å². The highest BCUT2D eigenvalue weighted by Gasteiger charge is 2.12. The number of phenols is 1. The van der Waals surface area contributed by atoms with Crippen molar-refractivity contribution in [1.82, 2.24) is 0 Å². The zero-order valence-electron chi connectivity index (χ0n) is 15.8. The van der Waals surface area contributed by atoms with Crippen LogP contribution in [0.5, 0.6) is 23.0 Å². The van der Waals surface area contributed by atoms with Crippen LogP contribution in [0.25, 0.3) is 12.2 Å². The molecule has 142 valence electrons. The van der Waals surface area contributed by atoms with Crippen molar-refractivity contribution in [2.45, 2.75) is 6.92 Å². The lowest BCUT2D eigenvalue weighted by molar-refractivity contribution is -0.111. The molecule has 0 bridgehead atoms. The molecular formula is C21H23NO5. The van der Waals surface area contributed by atoms with E-state index in [1.807, 2.05) is 24.3 Å². The summed E-state index contributed by atoms with van der Waals surface area (Å²) in [5.41, 5.74) is 1.99. The van der Waals surface area contributed by atoms with Crippen LogP contribution < -0.4 is 19.5 Å². The molecule has 0 aliphatic carbocycles. The zero-order chi connectivity index (χ0) is 19.8. The molecule has 0 heterocycles. The molecule has 0 radical (unpaired) electrons. The topological polar surface area (TPSA) is 77.0 Å². The Bertz CT molecular complexity index is 846. The molecule has 0 aliphatic rings. The van der Waals surface area contributed by atoms with E-state index < -0.39 is 0 Å². The van der Waals surface area contributed by atoms with Gasteiger partial charge in [0.2, 0.25) is 11.7 Å². The summed E-state index contributed by atoms with van der Waals surface area (Å²) in [4.78, 5) is 11.7. The van der Waals surface area contributed by atoms with Crippen molar-refractivity contribution in [1.29, 1.82) is 0 Å². The molecule has 2 aromatic rings. The molecule has 0 atom stereocenters. The summed E-state index contributed by atoms with van der Waals surface area (Å²) in [7, 11) is 4.67. The standard InChI is InChI=1S/C21H23NO5/c1-5-6-20(24)22-16-11-14(9-10-17(16)23)7-8-15-12-18(25-2)21(27-4)19(13-15)26-3/h5-13,23H,1-4H3,(H,22,24)/b6-5+,8-7-. The lowest BCUT2D eigenvalue weighted by Crippen LogP contribution is -2.07. The number of aromatic hydroxyl groups is 1. The molecule has 0 saturated carbocycles. The van der Waals surface area contributed by atoms with Gasteiger partial charge in [-0.1, -0.05) is 24.3 Å². The van der Waals surface area contributed by atoms with Gasteiger partial charge in [0.05, 0.1) is 27.0 Å². The average Bonchev–Trinajstić information content (AvgIpc) is 2.67. The number of rotatable bonds is 7. The smallest absolute Gasteiger partial charge is 0.248 e. The molecule has 0 aliphatic heterocycles. The van der Waals surface area contributed by atoms with E-state index in [-0.39, 0.29) is 11.7 Å². The number of ether oxygens (including phenoxy) is 3. The SMILES string of the molecule is C/C=C/C(=O)Nc1cc(/C=C\c2cc(OC)c(OC)c(OC)c2)ccc1O. The molecule has 6 heteroatoms. The average molecular weight is 369 g/mol. The lowest BCUT2D eigenvalue weighted by atomic mass is 10.1. The number of hydrogen-bond acceptors (Lipinski definition) is 5. The van der Waals surface area contributed by atoms with Crippen molar-refractivity contribution in [3.63, 3.8) is 0 Å². The number of allylic oxidation sites excluding steroid dienone is 1. The van der Waals surface area contributed by atoms with Gasteiger partial charge in [-0.05, 0) is 48.4 Å². The van der Waals surface area contributed by atoms with Gasteiger partial charge in [-0.15, -0.1) is 0 Å². The van der Waals surface area contributed by atoms with Crippen molar-refractivity contribution in [3.05, 3.63) is 53.6 Å². The minimum Gasteiger partial charge on any atom is -0.506 e. The second-order valence-electron chi connectivity index (χ2n) is 5.56. The molecule has 2 N–H and O–H groups in total. The van der Waals surface area contributed by atoms with E-state index in [1.54, 1.807) is 46.5 Å². The van der Waals surface area contributed by atoms with Gasteiger partial charge in [-0.3, -0.25) is 4.79 Å². The maximum Gasteiger partial charge on any atom is 0.248 e. The van der Waals surface area contributed by atoms with E-state index in [2.05, 4.69) is 5.32 Å². The molecule has 27 heavy (non-hydrogen) atoms. The maximum absolute atomic E-state index is 11.7. The first-order valence-electron chi connectivity index (χ1n) is 8.27. The summed E-state index contributed by atoms with van der Waals surface area (Å²) in [6.07, 6.45) is 6.73. The molecular weight excluding hydrogens is 346 g/mol. The Hall–Kier alpha value is -3.41. The van der Waals surface area contributed by atoms with Gasteiger partial charge in [0.1, 0.15) is 5.75 Å². The Balaban J connectivity index is 2.31. The molecule has 2 aromatic carbocycles.